The minimum atomic E-state index is -3.68. The van der Waals surface area contributed by atoms with Gasteiger partial charge < -0.3 is 10.2 Å². The third-order valence-corrected chi connectivity index (χ3v) is 5.91. The lowest BCUT2D eigenvalue weighted by molar-refractivity contribution is 0.0737. The van der Waals surface area contributed by atoms with Crippen molar-refractivity contribution in [3.63, 3.8) is 0 Å². The summed E-state index contributed by atoms with van der Waals surface area (Å²) >= 11 is 0. The van der Waals surface area contributed by atoms with E-state index in [2.05, 4.69) is 10.0 Å². The summed E-state index contributed by atoms with van der Waals surface area (Å²) in [4.78, 5) is 14.7. The Kier molecular flexibility index (Phi) is 5.58. The highest BCUT2D eigenvalue weighted by molar-refractivity contribution is 7.92. The van der Waals surface area contributed by atoms with Gasteiger partial charge in [-0.15, -0.1) is 0 Å². The number of likely N-dealkylation sites (tertiary alicyclic amines) is 1. The first-order valence-corrected chi connectivity index (χ1v) is 10.1. The Morgan fingerprint density at radius 2 is 1.81 bits per heavy atom. The van der Waals surface area contributed by atoms with Crippen molar-refractivity contribution in [2.24, 2.45) is 0 Å². The average Bonchev–Trinajstić information content (AvgIpc) is 3.10. The van der Waals surface area contributed by atoms with Crippen LogP contribution in [0.2, 0.25) is 0 Å². The van der Waals surface area contributed by atoms with Gasteiger partial charge in [0.15, 0.2) is 0 Å². The first kappa shape index (κ1) is 18.4. The van der Waals surface area contributed by atoms with Crippen molar-refractivity contribution in [1.29, 1.82) is 0 Å². The lowest BCUT2D eigenvalue weighted by Gasteiger charge is -2.24. The van der Waals surface area contributed by atoms with Gasteiger partial charge in [0.1, 0.15) is 0 Å². The number of likely N-dealkylation sites (N-methyl/N-ethyl adjacent to an activating group) is 1. The number of anilines is 1. The molecule has 0 radical (unpaired) electrons. The topological polar surface area (TPSA) is 78.5 Å². The molecule has 1 fully saturated rings. The van der Waals surface area contributed by atoms with Crippen molar-refractivity contribution >= 4 is 21.6 Å². The molecule has 0 bridgehead atoms. The number of rotatable bonds is 6. The van der Waals surface area contributed by atoms with Crippen LogP contribution in [0.25, 0.3) is 0 Å². The second-order valence-electron chi connectivity index (χ2n) is 6.35. The van der Waals surface area contributed by atoms with Crippen LogP contribution in [0, 0.1) is 0 Å². The number of carbonyl (C=O) groups is 1. The second kappa shape index (κ2) is 7.88. The first-order valence-electron chi connectivity index (χ1n) is 8.65. The number of carbonyl (C=O) groups excluding carboxylic acids is 1. The van der Waals surface area contributed by atoms with Crippen molar-refractivity contribution in [2.75, 3.05) is 24.9 Å². The van der Waals surface area contributed by atoms with E-state index >= 15 is 0 Å². The van der Waals surface area contributed by atoms with E-state index in [4.69, 9.17) is 0 Å². The van der Waals surface area contributed by atoms with Gasteiger partial charge in [0.05, 0.1) is 4.90 Å². The van der Waals surface area contributed by atoms with Gasteiger partial charge >= 0.3 is 0 Å². The van der Waals surface area contributed by atoms with E-state index < -0.39 is 10.0 Å². The molecule has 2 aromatic rings. The summed E-state index contributed by atoms with van der Waals surface area (Å²) in [6.07, 6.45) is 1.98. The van der Waals surface area contributed by atoms with E-state index in [1.807, 2.05) is 18.0 Å². The highest BCUT2D eigenvalue weighted by Crippen LogP contribution is 2.21. The molecule has 0 spiro atoms. The maximum absolute atomic E-state index is 12.7. The summed E-state index contributed by atoms with van der Waals surface area (Å²) in [7, 11) is -1.80. The molecule has 1 atom stereocenters. The molecule has 1 aliphatic rings. The zero-order chi connectivity index (χ0) is 18.6. The number of para-hydroxylation sites is 1. The molecule has 1 unspecified atom stereocenters. The van der Waals surface area contributed by atoms with Gasteiger partial charge in [-0.3, -0.25) is 9.52 Å². The van der Waals surface area contributed by atoms with Crippen LogP contribution < -0.4 is 10.0 Å². The smallest absolute Gasteiger partial charge is 0.261 e. The van der Waals surface area contributed by atoms with Crippen molar-refractivity contribution in [1.82, 2.24) is 10.2 Å². The van der Waals surface area contributed by atoms with Crippen LogP contribution in [0.4, 0.5) is 5.69 Å². The lowest BCUT2D eigenvalue weighted by Crippen LogP contribution is -2.40. The molecule has 1 saturated heterocycles. The number of hydrogen-bond donors (Lipinski definition) is 2. The predicted octanol–water partition coefficient (Wildman–Crippen LogP) is 2.31. The maximum atomic E-state index is 12.7. The molecule has 2 aromatic carbocycles. The average molecular weight is 373 g/mol. The van der Waals surface area contributed by atoms with Crippen LogP contribution in [0.5, 0.6) is 0 Å². The van der Waals surface area contributed by atoms with Gasteiger partial charge in [0.25, 0.3) is 15.9 Å². The van der Waals surface area contributed by atoms with E-state index in [1.165, 1.54) is 12.1 Å². The summed E-state index contributed by atoms with van der Waals surface area (Å²) in [5.41, 5.74) is 1.01. The Labute approximate surface area is 154 Å². The second-order valence-corrected chi connectivity index (χ2v) is 8.03. The largest absolute Gasteiger partial charge is 0.334 e. The van der Waals surface area contributed by atoms with E-state index in [-0.39, 0.29) is 16.8 Å². The molecule has 1 amide bonds. The molecular weight excluding hydrogens is 350 g/mol. The number of amides is 1. The normalized spacial score (nSPS) is 17.3. The van der Waals surface area contributed by atoms with Gasteiger partial charge in [0, 0.05) is 30.4 Å². The highest BCUT2D eigenvalue weighted by atomic mass is 32.2. The minimum absolute atomic E-state index is 0.0530. The summed E-state index contributed by atoms with van der Waals surface area (Å²) in [6.45, 7) is 1.50. The molecule has 0 aliphatic carbocycles. The summed E-state index contributed by atoms with van der Waals surface area (Å²) < 4.78 is 27.5. The Hall–Kier alpha value is -2.38. The Morgan fingerprint density at radius 3 is 2.46 bits per heavy atom. The number of nitrogens with zero attached hydrogens (tertiary/aromatic N) is 1. The van der Waals surface area contributed by atoms with Crippen LogP contribution >= 0.6 is 0 Å². The van der Waals surface area contributed by atoms with E-state index in [0.29, 0.717) is 11.3 Å². The fraction of sp³-hybridized carbons (Fsp3) is 0.316. The first-order chi connectivity index (χ1) is 12.5. The zero-order valence-corrected chi connectivity index (χ0v) is 15.5. The molecular formula is C19H23N3O3S. The van der Waals surface area contributed by atoms with Crippen LogP contribution in [0.3, 0.4) is 0 Å². The summed E-state index contributed by atoms with van der Waals surface area (Å²) in [6, 6.07) is 15.0. The fourth-order valence-electron chi connectivity index (χ4n) is 3.21. The molecule has 2 N–H and O–H groups in total. The highest BCUT2D eigenvalue weighted by Gasteiger charge is 2.29. The van der Waals surface area contributed by atoms with Gasteiger partial charge in [-0.25, -0.2) is 8.42 Å². The standard InChI is InChI=1S/C19H23N3O3S/c1-20-14-17-8-5-13-22(17)19(23)15-9-11-18(12-10-15)26(24,25)21-16-6-3-2-4-7-16/h2-4,6-7,9-12,17,20-21H,5,8,13-14H2,1H3. The molecule has 1 heterocycles. The van der Waals surface area contributed by atoms with Crippen molar-refractivity contribution < 1.29 is 13.2 Å². The molecule has 0 aromatic heterocycles. The quantitative estimate of drug-likeness (QED) is 0.814. The molecule has 7 heteroatoms. The third kappa shape index (κ3) is 4.05. The molecule has 6 nitrogen and oxygen atoms in total. The number of hydrogen-bond acceptors (Lipinski definition) is 4. The SMILES string of the molecule is CNCC1CCCN1C(=O)c1ccc(S(=O)(=O)Nc2ccccc2)cc1. The summed E-state index contributed by atoms with van der Waals surface area (Å²) in [5.74, 6) is -0.0530. The minimum Gasteiger partial charge on any atom is -0.334 e. The zero-order valence-electron chi connectivity index (χ0n) is 14.7. The van der Waals surface area contributed by atoms with Crippen molar-refractivity contribution in [3.8, 4) is 0 Å². The number of benzene rings is 2. The van der Waals surface area contributed by atoms with Crippen molar-refractivity contribution in [3.05, 3.63) is 60.2 Å². The van der Waals surface area contributed by atoms with Gasteiger partial charge in [0.2, 0.25) is 0 Å². The monoisotopic (exact) mass is 373 g/mol. The predicted molar refractivity (Wildman–Crippen MR) is 102 cm³/mol. The molecule has 0 saturated carbocycles. The third-order valence-electron chi connectivity index (χ3n) is 4.52. The molecule has 138 valence electrons. The van der Waals surface area contributed by atoms with E-state index in [9.17, 15) is 13.2 Å². The van der Waals surface area contributed by atoms with Gasteiger partial charge in [-0.05, 0) is 56.3 Å². The maximum Gasteiger partial charge on any atom is 0.261 e. The van der Waals surface area contributed by atoms with Crippen LogP contribution in [-0.2, 0) is 10.0 Å². The van der Waals surface area contributed by atoms with Gasteiger partial charge in [-0.2, -0.15) is 0 Å². The Morgan fingerprint density at radius 1 is 1.12 bits per heavy atom. The van der Waals surface area contributed by atoms with Crippen molar-refractivity contribution in [2.45, 2.75) is 23.8 Å². The van der Waals surface area contributed by atoms with E-state index in [0.717, 1.165) is 25.9 Å². The fourth-order valence-corrected chi connectivity index (χ4v) is 4.27. The molecule has 1 aliphatic heterocycles. The van der Waals surface area contributed by atoms with Crippen LogP contribution in [-0.4, -0.2) is 45.4 Å². The summed E-state index contributed by atoms with van der Waals surface area (Å²) in [5, 5.41) is 3.12. The Bertz CT molecular complexity index is 851. The Balaban J connectivity index is 1.74. The van der Waals surface area contributed by atoms with Crippen LogP contribution in [0.1, 0.15) is 23.2 Å². The van der Waals surface area contributed by atoms with Gasteiger partial charge in [-0.1, -0.05) is 18.2 Å². The molecule has 26 heavy (non-hydrogen) atoms. The molecule has 3 rings (SSSR count). The number of sulfonamides is 1. The van der Waals surface area contributed by atoms with Crippen LogP contribution in [0.15, 0.2) is 59.5 Å². The lowest BCUT2D eigenvalue weighted by atomic mass is 10.1. The van der Waals surface area contributed by atoms with E-state index in [1.54, 1.807) is 36.4 Å². The number of nitrogens with one attached hydrogen (secondary N) is 2.